The van der Waals surface area contributed by atoms with E-state index < -0.39 is 8.32 Å². The lowest BCUT2D eigenvalue weighted by atomic mass is 10.1. The molecule has 0 radical (unpaired) electrons. The SMILES string of the molecule is C[Si](C)(C)OC(=O)CCCCCCCN. The van der Waals surface area contributed by atoms with Crippen molar-refractivity contribution in [2.45, 2.75) is 58.2 Å². The smallest absolute Gasteiger partial charge is 0.292 e. The van der Waals surface area contributed by atoms with E-state index in [-0.39, 0.29) is 5.97 Å². The molecule has 0 saturated heterocycles. The number of unbranched alkanes of at least 4 members (excludes halogenated alkanes) is 4. The maximum absolute atomic E-state index is 11.3. The number of rotatable bonds is 8. The molecule has 0 heterocycles. The first kappa shape index (κ1) is 14.6. The van der Waals surface area contributed by atoms with E-state index >= 15 is 0 Å². The number of nitrogens with two attached hydrogens (primary N) is 1. The highest BCUT2D eigenvalue weighted by molar-refractivity contribution is 6.71. The third-order valence-electron chi connectivity index (χ3n) is 2.01. The molecule has 0 aromatic rings. The van der Waals surface area contributed by atoms with Gasteiger partial charge in [0.15, 0.2) is 0 Å². The molecule has 3 nitrogen and oxygen atoms in total. The van der Waals surface area contributed by atoms with E-state index in [0.717, 1.165) is 25.8 Å². The van der Waals surface area contributed by atoms with E-state index in [0.29, 0.717) is 6.42 Å². The molecule has 0 saturated carbocycles. The first-order valence-electron chi connectivity index (χ1n) is 5.87. The van der Waals surface area contributed by atoms with Gasteiger partial charge in [0.1, 0.15) is 0 Å². The van der Waals surface area contributed by atoms with Gasteiger partial charge in [-0.15, -0.1) is 0 Å². The van der Waals surface area contributed by atoms with Crippen LogP contribution >= 0.6 is 0 Å². The summed E-state index contributed by atoms with van der Waals surface area (Å²) in [6.45, 7) is 6.88. The molecule has 0 spiro atoms. The molecule has 0 aliphatic carbocycles. The molecule has 90 valence electrons. The minimum absolute atomic E-state index is 0.0204. The Bertz CT molecular complexity index is 178. The highest BCUT2D eigenvalue weighted by Crippen LogP contribution is 2.09. The number of hydrogen-bond donors (Lipinski definition) is 1. The summed E-state index contributed by atoms with van der Waals surface area (Å²) in [5.41, 5.74) is 5.39. The van der Waals surface area contributed by atoms with Gasteiger partial charge in [0, 0.05) is 6.42 Å². The Balaban J connectivity index is 3.32. The molecular weight excluding hydrogens is 206 g/mol. The quantitative estimate of drug-likeness (QED) is 0.516. The summed E-state index contributed by atoms with van der Waals surface area (Å²) in [5.74, 6) is -0.0204. The Morgan fingerprint density at radius 2 is 1.60 bits per heavy atom. The Morgan fingerprint density at radius 1 is 1.07 bits per heavy atom. The predicted octanol–water partition coefficient (Wildman–Crippen LogP) is 2.66. The molecule has 0 rings (SSSR count). The monoisotopic (exact) mass is 231 g/mol. The zero-order valence-corrected chi connectivity index (χ0v) is 11.3. The van der Waals surface area contributed by atoms with E-state index in [1.165, 1.54) is 12.8 Å². The second kappa shape index (κ2) is 7.88. The van der Waals surface area contributed by atoms with Crippen molar-refractivity contribution in [1.29, 1.82) is 0 Å². The summed E-state index contributed by atoms with van der Waals surface area (Å²) in [6, 6.07) is 0. The highest BCUT2D eigenvalue weighted by Gasteiger charge is 2.19. The molecule has 0 amide bonds. The van der Waals surface area contributed by atoms with Crippen molar-refractivity contribution in [2.75, 3.05) is 6.54 Å². The minimum Gasteiger partial charge on any atom is -0.520 e. The van der Waals surface area contributed by atoms with Gasteiger partial charge < -0.3 is 10.2 Å². The third kappa shape index (κ3) is 11.6. The van der Waals surface area contributed by atoms with E-state index in [1.54, 1.807) is 0 Å². The highest BCUT2D eigenvalue weighted by atomic mass is 28.4. The molecule has 15 heavy (non-hydrogen) atoms. The number of carbonyl (C=O) groups is 1. The number of carbonyl (C=O) groups excluding carboxylic acids is 1. The lowest BCUT2D eigenvalue weighted by Gasteiger charge is -2.17. The van der Waals surface area contributed by atoms with Crippen LogP contribution in [-0.2, 0) is 9.22 Å². The maximum Gasteiger partial charge on any atom is 0.292 e. The van der Waals surface area contributed by atoms with Crippen LogP contribution < -0.4 is 5.73 Å². The van der Waals surface area contributed by atoms with Gasteiger partial charge in [-0.05, 0) is 39.0 Å². The fourth-order valence-corrected chi connectivity index (χ4v) is 2.12. The van der Waals surface area contributed by atoms with E-state index in [4.69, 9.17) is 10.2 Å². The molecule has 4 heteroatoms. The fraction of sp³-hybridized carbons (Fsp3) is 0.909. The second-order valence-electron chi connectivity index (χ2n) is 4.89. The molecule has 0 aromatic heterocycles. The minimum atomic E-state index is -1.67. The van der Waals surface area contributed by atoms with E-state index in [9.17, 15) is 4.79 Å². The van der Waals surface area contributed by atoms with Crippen LogP contribution in [0.5, 0.6) is 0 Å². The maximum atomic E-state index is 11.3. The molecule has 0 bridgehead atoms. The first-order valence-corrected chi connectivity index (χ1v) is 9.28. The van der Waals surface area contributed by atoms with Crippen molar-refractivity contribution in [3.8, 4) is 0 Å². The van der Waals surface area contributed by atoms with Crippen LogP contribution in [0.15, 0.2) is 0 Å². The van der Waals surface area contributed by atoms with Gasteiger partial charge in [-0.2, -0.15) is 0 Å². The van der Waals surface area contributed by atoms with Crippen molar-refractivity contribution in [1.82, 2.24) is 0 Å². The van der Waals surface area contributed by atoms with Crippen LogP contribution in [-0.4, -0.2) is 20.8 Å². The van der Waals surface area contributed by atoms with Gasteiger partial charge in [0.2, 0.25) is 8.32 Å². The predicted molar refractivity (Wildman–Crippen MR) is 66.2 cm³/mol. The molecule has 0 fully saturated rings. The summed E-state index contributed by atoms with van der Waals surface area (Å²) in [4.78, 5) is 11.3. The topological polar surface area (TPSA) is 52.3 Å². The van der Waals surface area contributed by atoms with Gasteiger partial charge in [-0.25, -0.2) is 0 Å². The first-order chi connectivity index (χ1) is 6.95. The summed E-state index contributed by atoms with van der Waals surface area (Å²) in [6.07, 6.45) is 6.10. The summed E-state index contributed by atoms with van der Waals surface area (Å²) < 4.78 is 5.35. The number of hydrogen-bond acceptors (Lipinski definition) is 3. The van der Waals surface area contributed by atoms with Gasteiger partial charge in [-0.3, -0.25) is 4.79 Å². The lowest BCUT2D eigenvalue weighted by Crippen LogP contribution is -2.28. The van der Waals surface area contributed by atoms with Crippen molar-refractivity contribution in [3.63, 3.8) is 0 Å². The third-order valence-corrected chi connectivity index (χ3v) is 2.85. The van der Waals surface area contributed by atoms with Crippen LogP contribution in [0, 0.1) is 0 Å². The standard InChI is InChI=1S/C11H25NO2Si/c1-15(2,3)14-11(13)9-7-5-4-6-8-10-12/h4-10,12H2,1-3H3. The second-order valence-corrected chi connectivity index (χ2v) is 9.32. The largest absolute Gasteiger partial charge is 0.520 e. The van der Waals surface area contributed by atoms with Crippen LogP contribution in [0.3, 0.4) is 0 Å². The van der Waals surface area contributed by atoms with Gasteiger partial charge in [-0.1, -0.05) is 19.3 Å². The van der Waals surface area contributed by atoms with E-state index in [2.05, 4.69) is 0 Å². The Morgan fingerprint density at radius 3 is 2.13 bits per heavy atom. The van der Waals surface area contributed by atoms with Crippen molar-refractivity contribution in [2.24, 2.45) is 5.73 Å². The Hall–Kier alpha value is -0.353. The summed E-state index contributed by atoms with van der Waals surface area (Å²) in [5, 5.41) is 0. The van der Waals surface area contributed by atoms with Crippen LogP contribution in [0.1, 0.15) is 38.5 Å². The Kier molecular flexibility index (Phi) is 7.69. The Labute approximate surface area is 94.5 Å². The molecule has 0 aliphatic rings. The van der Waals surface area contributed by atoms with Crippen molar-refractivity contribution in [3.05, 3.63) is 0 Å². The lowest BCUT2D eigenvalue weighted by molar-refractivity contribution is -0.135. The van der Waals surface area contributed by atoms with Crippen LogP contribution in [0.2, 0.25) is 19.6 Å². The van der Waals surface area contributed by atoms with Crippen LogP contribution in [0.25, 0.3) is 0 Å². The van der Waals surface area contributed by atoms with E-state index in [1.807, 2.05) is 19.6 Å². The fourth-order valence-electron chi connectivity index (χ4n) is 1.34. The summed E-state index contributed by atoms with van der Waals surface area (Å²) >= 11 is 0. The zero-order chi connectivity index (χ0) is 11.7. The molecular formula is C11H25NO2Si. The molecule has 2 N–H and O–H groups in total. The summed E-state index contributed by atoms with van der Waals surface area (Å²) in [7, 11) is -1.67. The van der Waals surface area contributed by atoms with Gasteiger partial charge in [0.05, 0.1) is 0 Å². The molecule has 0 atom stereocenters. The normalized spacial score (nSPS) is 11.5. The van der Waals surface area contributed by atoms with Crippen LogP contribution in [0.4, 0.5) is 0 Å². The average molecular weight is 231 g/mol. The van der Waals surface area contributed by atoms with Gasteiger partial charge in [0.25, 0.3) is 5.97 Å². The zero-order valence-electron chi connectivity index (χ0n) is 10.3. The van der Waals surface area contributed by atoms with Crippen molar-refractivity contribution < 1.29 is 9.22 Å². The molecule has 0 aromatic carbocycles. The van der Waals surface area contributed by atoms with Crippen molar-refractivity contribution >= 4 is 14.3 Å². The molecule has 0 unspecified atom stereocenters. The average Bonchev–Trinajstić information content (AvgIpc) is 2.08. The molecule has 0 aliphatic heterocycles. The van der Waals surface area contributed by atoms with Gasteiger partial charge >= 0.3 is 0 Å².